The molecule has 1 aliphatic heterocycles. The van der Waals surface area contributed by atoms with E-state index in [1.54, 1.807) is 14.2 Å². The Bertz CT molecular complexity index is 420. The number of amides is 1. The third-order valence-corrected chi connectivity index (χ3v) is 3.40. The number of para-hydroxylation sites is 1. The first kappa shape index (κ1) is 12.9. The Morgan fingerprint density at radius 1 is 1.50 bits per heavy atom. The highest BCUT2D eigenvalue weighted by Crippen LogP contribution is 2.36. The summed E-state index contributed by atoms with van der Waals surface area (Å²) in [6.07, 6.45) is 2.06. The number of nitrogens with zero attached hydrogens (tertiary/aromatic N) is 1. The number of carbonyl (C=O) groups excluding carboxylic acids is 1. The second kappa shape index (κ2) is 5.87. The highest BCUT2D eigenvalue weighted by molar-refractivity contribution is 5.79. The van der Waals surface area contributed by atoms with Crippen molar-refractivity contribution in [3.63, 3.8) is 0 Å². The Balaban J connectivity index is 2.23. The van der Waals surface area contributed by atoms with Crippen LogP contribution < -0.4 is 10.1 Å². The van der Waals surface area contributed by atoms with Crippen LogP contribution in [0.4, 0.5) is 0 Å². The normalized spacial score (nSPS) is 19.0. The van der Waals surface area contributed by atoms with Crippen molar-refractivity contribution < 1.29 is 9.53 Å². The summed E-state index contributed by atoms with van der Waals surface area (Å²) in [5, 5.41) is 2.92. The Labute approximate surface area is 108 Å². The maximum absolute atomic E-state index is 12.1. The molecule has 0 saturated carbocycles. The smallest absolute Gasteiger partial charge is 0.237 e. The van der Waals surface area contributed by atoms with E-state index in [2.05, 4.69) is 11.4 Å². The van der Waals surface area contributed by atoms with Gasteiger partial charge in [0.1, 0.15) is 5.75 Å². The summed E-state index contributed by atoms with van der Waals surface area (Å²) >= 11 is 0. The Morgan fingerprint density at radius 3 is 3.00 bits per heavy atom. The first-order chi connectivity index (χ1) is 8.77. The van der Waals surface area contributed by atoms with E-state index in [-0.39, 0.29) is 11.9 Å². The molecule has 4 heteroatoms. The quantitative estimate of drug-likeness (QED) is 0.879. The minimum absolute atomic E-state index is 0.155. The van der Waals surface area contributed by atoms with Crippen molar-refractivity contribution in [2.75, 3.05) is 27.2 Å². The van der Waals surface area contributed by atoms with E-state index < -0.39 is 0 Å². The number of hydrogen-bond donors (Lipinski definition) is 1. The maximum atomic E-state index is 12.1. The van der Waals surface area contributed by atoms with E-state index in [0.29, 0.717) is 6.54 Å². The average Bonchev–Trinajstić information content (AvgIpc) is 2.88. The lowest BCUT2D eigenvalue weighted by molar-refractivity contribution is -0.131. The fourth-order valence-electron chi connectivity index (χ4n) is 2.58. The molecule has 1 aromatic carbocycles. The Hall–Kier alpha value is -1.55. The molecule has 1 aliphatic rings. The first-order valence-corrected chi connectivity index (χ1v) is 6.35. The van der Waals surface area contributed by atoms with Crippen molar-refractivity contribution in [1.82, 2.24) is 10.2 Å². The van der Waals surface area contributed by atoms with Crippen LogP contribution >= 0.6 is 0 Å². The van der Waals surface area contributed by atoms with Gasteiger partial charge in [-0.25, -0.2) is 0 Å². The topological polar surface area (TPSA) is 41.6 Å². The van der Waals surface area contributed by atoms with Crippen LogP contribution in [-0.2, 0) is 4.79 Å². The zero-order chi connectivity index (χ0) is 13.0. The lowest BCUT2D eigenvalue weighted by atomic mass is 10.0. The molecule has 0 radical (unpaired) electrons. The third-order valence-electron chi connectivity index (χ3n) is 3.40. The van der Waals surface area contributed by atoms with E-state index in [9.17, 15) is 4.79 Å². The van der Waals surface area contributed by atoms with Crippen LogP contribution in [0.3, 0.4) is 0 Å². The minimum atomic E-state index is 0.155. The van der Waals surface area contributed by atoms with Crippen LogP contribution in [0.2, 0.25) is 0 Å². The second-order valence-corrected chi connectivity index (χ2v) is 4.52. The molecule has 0 aromatic heterocycles. The fraction of sp³-hybridized carbons (Fsp3) is 0.500. The van der Waals surface area contributed by atoms with Gasteiger partial charge in [-0.15, -0.1) is 0 Å². The monoisotopic (exact) mass is 248 g/mol. The van der Waals surface area contributed by atoms with Crippen molar-refractivity contribution in [2.45, 2.75) is 18.9 Å². The van der Waals surface area contributed by atoms with Gasteiger partial charge in [0.15, 0.2) is 0 Å². The van der Waals surface area contributed by atoms with Gasteiger partial charge in [-0.2, -0.15) is 0 Å². The third kappa shape index (κ3) is 2.48. The van der Waals surface area contributed by atoms with Crippen molar-refractivity contribution in [3.8, 4) is 5.75 Å². The van der Waals surface area contributed by atoms with E-state index >= 15 is 0 Å². The maximum Gasteiger partial charge on any atom is 0.237 e. The van der Waals surface area contributed by atoms with Gasteiger partial charge in [-0.3, -0.25) is 4.79 Å². The molecule has 4 nitrogen and oxygen atoms in total. The van der Waals surface area contributed by atoms with Crippen LogP contribution in [0.1, 0.15) is 24.4 Å². The molecular formula is C14H20N2O2. The largest absolute Gasteiger partial charge is 0.496 e. The van der Waals surface area contributed by atoms with Crippen LogP contribution in [0.5, 0.6) is 5.75 Å². The molecule has 1 atom stereocenters. The van der Waals surface area contributed by atoms with Gasteiger partial charge in [0.2, 0.25) is 5.91 Å². The van der Waals surface area contributed by atoms with Crippen LogP contribution in [0.25, 0.3) is 0 Å². The average molecular weight is 248 g/mol. The van der Waals surface area contributed by atoms with Gasteiger partial charge in [0, 0.05) is 12.1 Å². The summed E-state index contributed by atoms with van der Waals surface area (Å²) in [6.45, 7) is 1.23. The SMILES string of the molecule is CNCC(=O)N1CCCC1c1ccccc1OC. The van der Waals surface area contributed by atoms with Crippen molar-refractivity contribution in [3.05, 3.63) is 29.8 Å². The molecule has 1 saturated heterocycles. The zero-order valence-corrected chi connectivity index (χ0v) is 11.0. The molecule has 1 unspecified atom stereocenters. The molecule has 1 amide bonds. The van der Waals surface area contributed by atoms with Gasteiger partial charge >= 0.3 is 0 Å². The van der Waals surface area contributed by atoms with Crippen molar-refractivity contribution >= 4 is 5.91 Å². The summed E-state index contributed by atoms with van der Waals surface area (Å²) in [6, 6.07) is 8.11. The van der Waals surface area contributed by atoms with E-state index in [0.717, 1.165) is 30.7 Å². The second-order valence-electron chi connectivity index (χ2n) is 4.52. The number of ether oxygens (including phenoxy) is 1. The number of nitrogens with one attached hydrogen (secondary N) is 1. The number of benzene rings is 1. The van der Waals surface area contributed by atoms with E-state index in [4.69, 9.17) is 4.74 Å². The summed E-state index contributed by atoms with van der Waals surface area (Å²) in [7, 11) is 3.47. The van der Waals surface area contributed by atoms with Crippen LogP contribution in [0.15, 0.2) is 24.3 Å². The molecule has 1 N–H and O–H groups in total. The number of rotatable bonds is 4. The Kier molecular flexibility index (Phi) is 4.20. The summed E-state index contributed by atoms with van der Waals surface area (Å²) in [4.78, 5) is 14.0. The molecule has 98 valence electrons. The van der Waals surface area contributed by atoms with Crippen molar-refractivity contribution in [1.29, 1.82) is 0 Å². The van der Waals surface area contributed by atoms with Gasteiger partial charge < -0.3 is 15.0 Å². The molecule has 0 bridgehead atoms. The Morgan fingerprint density at radius 2 is 2.28 bits per heavy atom. The zero-order valence-electron chi connectivity index (χ0n) is 11.0. The van der Waals surface area contributed by atoms with E-state index in [1.807, 2.05) is 23.1 Å². The molecule has 1 fully saturated rings. The highest BCUT2D eigenvalue weighted by atomic mass is 16.5. The standard InChI is InChI=1S/C14H20N2O2/c1-15-10-14(17)16-9-5-7-12(16)11-6-3-4-8-13(11)18-2/h3-4,6,8,12,15H,5,7,9-10H2,1-2H3. The first-order valence-electron chi connectivity index (χ1n) is 6.35. The summed E-state index contributed by atoms with van der Waals surface area (Å²) in [5.41, 5.74) is 1.11. The predicted octanol–water partition coefficient (Wildman–Crippen LogP) is 1.58. The van der Waals surface area contributed by atoms with Crippen molar-refractivity contribution in [2.24, 2.45) is 0 Å². The molecular weight excluding hydrogens is 228 g/mol. The minimum Gasteiger partial charge on any atom is -0.496 e. The van der Waals surface area contributed by atoms with Gasteiger partial charge in [-0.05, 0) is 26.0 Å². The van der Waals surface area contributed by atoms with Gasteiger partial charge in [0.25, 0.3) is 0 Å². The molecule has 18 heavy (non-hydrogen) atoms. The molecule has 1 heterocycles. The lowest BCUT2D eigenvalue weighted by Gasteiger charge is -2.26. The fourth-order valence-corrected chi connectivity index (χ4v) is 2.58. The van der Waals surface area contributed by atoms with E-state index in [1.165, 1.54) is 0 Å². The highest BCUT2D eigenvalue weighted by Gasteiger charge is 2.30. The predicted molar refractivity (Wildman–Crippen MR) is 70.6 cm³/mol. The number of likely N-dealkylation sites (tertiary alicyclic amines) is 1. The van der Waals surface area contributed by atoms with Crippen LogP contribution in [0, 0.1) is 0 Å². The van der Waals surface area contributed by atoms with Gasteiger partial charge in [0.05, 0.1) is 19.7 Å². The van der Waals surface area contributed by atoms with Crippen LogP contribution in [-0.4, -0.2) is 38.1 Å². The molecule has 2 rings (SSSR count). The summed E-state index contributed by atoms with van der Waals surface area (Å²) in [5.74, 6) is 1.03. The number of methoxy groups -OCH3 is 1. The number of hydrogen-bond acceptors (Lipinski definition) is 3. The number of likely N-dealkylation sites (N-methyl/N-ethyl adjacent to an activating group) is 1. The number of carbonyl (C=O) groups is 1. The lowest BCUT2D eigenvalue weighted by Crippen LogP contribution is -2.36. The molecule has 1 aromatic rings. The van der Waals surface area contributed by atoms with Gasteiger partial charge in [-0.1, -0.05) is 18.2 Å². The summed E-state index contributed by atoms with van der Waals surface area (Å²) < 4.78 is 5.39. The molecule has 0 spiro atoms. The molecule has 0 aliphatic carbocycles.